The molecule has 0 saturated carbocycles. The molecular formula is C23H30N4O3. The van der Waals surface area contributed by atoms with Crippen LogP contribution in [0.5, 0.6) is 5.75 Å². The normalized spacial score (nSPS) is 18.2. The molecule has 1 atom stereocenters. The Morgan fingerprint density at radius 1 is 1.07 bits per heavy atom. The van der Waals surface area contributed by atoms with Crippen molar-refractivity contribution in [3.05, 3.63) is 52.6 Å². The van der Waals surface area contributed by atoms with Crippen molar-refractivity contribution in [3.8, 4) is 5.75 Å². The van der Waals surface area contributed by atoms with Gasteiger partial charge >= 0.3 is 0 Å². The molecule has 7 heteroatoms. The molecule has 2 aromatic carbocycles. The van der Waals surface area contributed by atoms with Crippen LogP contribution in [0.1, 0.15) is 28.7 Å². The molecule has 1 N–H and O–H groups in total. The van der Waals surface area contributed by atoms with Crippen LogP contribution in [-0.4, -0.2) is 64.6 Å². The number of fused-ring (bicyclic) bond motifs is 1. The molecule has 3 aromatic rings. The summed E-state index contributed by atoms with van der Waals surface area (Å²) in [6, 6.07) is 10.5. The van der Waals surface area contributed by atoms with Crippen molar-refractivity contribution in [2.45, 2.75) is 39.4 Å². The third-order valence-corrected chi connectivity index (χ3v) is 6.36. The zero-order valence-electron chi connectivity index (χ0n) is 18.0. The average Bonchev–Trinajstić information content (AvgIpc) is 3.23. The highest BCUT2D eigenvalue weighted by Crippen LogP contribution is 2.27. The molecule has 1 aromatic heterocycles. The van der Waals surface area contributed by atoms with Crippen LogP contribution < -0.4 is 4.74 Å². The van der Waals surface area contributed by atoms with Crippen LogP contribution in [0.3, 0.4) is 0 Å². The second-order valence-corrected chi connectivity index (χ2v) is 8.10. The van der Waals surface area contributed by atoms with Crippen molar-refractivity contribution < 1.29 is 14.5 Å². The monoisotopic (exact) mass is 410 g/mol. The third kappa shape index (κ3) is 4.19. The highest BCUT2D eigenvalue weighted by Gasteiger charge is 2.27. The molecule has 0 spiro atoms. The van der Waals surface area contributed by atoms with E-state index in [4.69, 9.17) is 9.37 Å². The maximum Gasteiger partial charge on any atom is 0.139 e. The molecule has 0 radical (unpaired) electrons. The van der Waals surface area contributed by atoms with Crippen LogP contribution in [0.2, 0.25) is 0 Å². The molecule has 0 bridgehead atoms. The van der Waals surface area contributed by atoms with E-state index in [1.54, 1.807) is 7.11 Å². The number of hydrogen-bond donors (Lipinski definition) is 1. The molecule has 0 amide bonds. The molecule has 0 unspecified atom stereocenters. The first kappa shape index (κ1) is 20.8. The number of piperazine rings is 1. The maximum absolute atomic E-state index is 9.67. The summed E-state index contributed by atoms with van der Waals surface area (Å²) in [6.45, 7) is 9.01. The summed E-state index contributed by atoms with van der Waals surface area (Å²) in [7, 11) is 1.72. The maximum atomic E-state index is 9.67. The van der Waals surface area contributed by atoms with Crippen LogP contribution in [0.15, 0.2) is 35.0 Å². The molecule has 0 aliphatic carbocycles. The van der Waals surface area contributed by atoms with Crippen molar-refractivity contribution in [1.29, 1.82) is 0 Å². The van der Waals surface area contributed by atoms with Gasteiger partial charge in [-0.2, -0.15) is 0 Å². The number of aromatic nitrogens is 2. The second kappa shape index (κ2) is 9.12. The average molecular weight is 411 g/mol. The van der Waals surface area contributed by atoms with Gasteiger partial charge < -0.3 is 9.84 Å². The summed E-state index contributed by atoms with van der Waals surface area (Å²) >= 11 is 0. The summed E-state index contributed by atoms with van der Waals surface area (Å²) in [5.41, 5.74) is 6.56. The minimum atomic E-state index is 0.193. The van der Waals surface area contributed by atoms with E-state index in [1.165, 1.54) is 16.7 Å². The number of ether oxygens (including phenoxy) is 1. The molecule has 1 aliphatic rings. The second-order valence-electron chi connectivity index (χ2n) is 8.10. The van der Waals surface area contributed by atoms with E-state index < -0.39 is 0 Å². The number of nitrogens with zero attached hydrogens (tertiary/aromatic N) is 4. The van der Waals surface area contributed by atoms with Crippen molar-refractivity contribution in [2.24, 2.45) is 0 Å². The van der Waals surface area contributed by atoms with Gasteiger partial charge in [-0.25, -0.2) is 4.63 Å². The molecule has 160 valence electrons. The molecule has 1 aliphatic heterocycles. The Labute approximate surface area is 177 Å². The first-order chi connectivity index (χ1) is 14.6. The Kier molecular flexibility index (Phi) is 6.32. The molecule has 7 nitrogen and oxygen atoms in total. The number of methoxy groups -OCH3 is 1. The topological polar surface area (TPSA) is 74.9 Å². The van der Waals surface area contributed by atoms with Gasteiger partial charge in [0.05, 0.1) is 7.11 Å². The molecule has 2 heterocycles. The van der Waals surface area contributed by atoms with Crippen molar-refractivity contribution >= 4 is 11.0 Å². The summed E-state index contributed by atoms with van der Waals surface area (Å²) in [6.07, 6.45) is 0.764. The molecule has 1 fully saturated rings. The van der Waals surface area contributed by atoms with Gasteiger partial charge in [-0.3, -0.25) is 9.80 Å². The Hall–Kier alpha value is -2.48. The largest absolute Gasteiger partial charge is 0.496 e. The number of rotatable bonds is 7. The van der Waals surface area contributed by atoms with E-state index in [0.717, 1.165) is 61.5 Å². The summed E-state index contributed by atoms with van der Waals surface area (Å²) in [5, 5.41) is 17.7. The molecular weight excluding hydrogens is 380 g/mol. The quantitative estimate of drug-likeness (QED) is 0.642. The van der Waals surface area contributed by atoms with Gasteiger partial charge in [0.25, 0.3) is 0 Å². The Morgan fingerprint density at radius 2 is 1.93 bits per heavy atom. The van der Waals surface area contributed by atoms with E-state index >= 15 is 0 Å². The summed E-state index contributed by atoms with van der Waals surface area (Å²) < 4.78 is 10.4. The molecule has 1 saturated heterocycles. The summed E-state index contributed by atoms with van der Waals surface area (Å²) in [4.78, 5) is 4.94. The van der Waals surface area contributed by atoms with Crippen LogP contribution in [0.4, 0.5) is 0 Å². The van der Waals surface area contributed by atoms with Crippen LogP contribution in [0.25, 0.3) is 11.0 Å². The van der Waals surface area contributed by atoms with Crippen LogP contribution >= 0.6 is 0 Å². The standard InChI is InChI=1S/C23H30N4O3/c1-16-17(2)22(29-3)8-7-18(16)14-27-11-10-26(15-20(27)9-12-28)13-19-5-4-6-21-23(19)25-30-24-21/h4-8,20,28H,9-15H2,1-3H3/t20-/m1/s1. The van der Waals surface area contributed by atoms with Gasteiger partial charge in [0.15, 0.2) is 0 Å². The zero-order valence-corrected chi connectivity index (χ0v) is 18.0. The van der Waals surface area contributed by atoms with Crippen LogP contribution in [-0.2, 0) is 13.1 Å². The highest BCUT2D eigenvalue weighted by atomic mass is 16.6. The van der Waals surface area contributed by atoms with Crippen molar-refractivity contribution in [2.75, 3.05) is 33.4 Å². The fourth-order valence-electron chi connectivity index (χ4n) is 4.43. The van der Waals surface area contributed by atoms with Gasteiger partial charge in [-0.05, 0) is 65.0 Å². The number of aliphatic hydroxyl groups is 1. The number of benzene rings is 2. The van der Waals surface area contributed by atoms with Gasteiger partial charge in [-0.1, -0.05) is 18.2 Å². The Morgan fingerprint density at radius 3 is 2.73 bits per heavy atom. The first-order valence-electron chi connectivity index (χ1n) is 10.5. The SMILES string of the molecule is COc1ccc(CN2CCN(Cc3cccc4nonc34)C[C@H]2CCO)c(C)c1C. The lowest BCUT2D eigenvalue weighted by Gasteiger charge is -2.41. The lowest BCUT2D eigenvalue weighted by atomic mass is 10.00. The van der Waals surface area contributed by atoms with Crippen molar-refractivity contribution in [3.63, 3.8) is 0 Å². The van der Waals surface area contributed by atoms with Gasteiger partial charge in [0.1, 0.15) is 16.8 Å². The molecule has 4 rings (SSSR count). The smallest absolute Gasteiger partial charge is 0.139 e. The van der Waals surface area contributed by atoms with Crippen molar-refractivity contribution in [1.82, 2.24) is 20.1 Å². The Balaban J connectivity index is 1.47. The van der Waals surface area contributed by atoms with Crippen LogP contribution in [0, 0.1) is 13.8 Å². The van der Waals surface area contributed by atoms with E-state index in [-0.39, 0.29) is 6.61 Å². The fraction of sp³-hybridized carbons (Fsp3) is 0.478. The number of aliphatic hydroxyl groups excluding tert-OH is 1. The minimum Gasteiger partial charge on any atom is -0.496 e. The highest BCUT2D eigenvalue weighted by molar-refractivity contribution is 5.76. The number of hydrogen-bond acceptors (Lipinski definition) is 7. The first-order valence-corrected chi connectivity index (χ1v) is 10.5. The van der Waals surface area contributed by atoms with E-state index in [0.29, 0.717) is 6.04 Å². The Bertz CT molecular complexity index is 1000. The predicted molar refractivity (Wildman–Crippen MR) is 115 cm³/mol. The van der Waals surface area contributed by atoms with E-state index in [9.17, 15) is 5.11 Å². The predicted octanol–water partition coefficient (Wildman–Crippen LogP) is 2.92. The van der Waals surface area contributed by atoms with E-state index in [2.05, 4.69) is 52.2 Å². The zero-order chi connectivity index (χ0) is 21.1. The summed E-state index contributed by atoms with van der Waals surface area (Å²) in [5.74, 6) is 0.935. The fourth-order valence-corrected chi connectivity index (χ4v) is 4.43. The van der Waals surface area contributed by atoms with E-state index in [1.807, 2.05) is 12.1 Å². The third-order valence-electron chi connectivity index (χ3n) is 6.36. The molecule has 30 heavy (non-hydrogen) atoms. The van der Waals surface area contributed by atoms with Gasteiger partial charge in [-0.15, -0.1) is 0 Å². The minimum absolute atomic E-state index is 0.193. The lowest BCUT2D eigenvalue weighted by Crippen LogP contribution is -2.52. The lowest BCUT2D eigenvalue weighted by molar-refractivity contribution is 0.0500. The van der Waals surface area contributed by atoms with Gasteiger partial charge in [0, 0.05) is 45.4 Å². The van der Waals surface area contributed by atoms with Gasteiger partial charge in [0.2, 0.25) is 0 Å².